The first-order chi connectivity index (χ1) is 4.81. The lowest BCUT2D eigenvalue weighted by Gasteiger charge is -2.34. The molecule has 0 aromatic carbocycles. The number of hydrogen-bond acceptors (Lipinski definition) is 3. The summed E-state index contributed by atoms with van der Waals surface area (Å²) in [6.45, 7) is 3.70. The second-order valence-electron chi connectivity index (χ2n) is 3.39. The Hall–Kier alpha value is -0.120. The number of nitrogens with one attached hydrogen (secondary N) is 1. The molecule has 10 heavy (non-hydrogen) atoms. The zero-order valence-corrected chi connectivity index (χ0v) is 6.10. The van der Waals surface area contributed by atoms with Crippen LogP contribution in [0.4, 0.5) is 0 Å². The Morgan fingerprint density at radius 3 is 3.30 bits per heavy atom. The fourth-order valence-corrected chi connectivity index (χ4v) is 1.83. The maximum Gasteiger partial charge on any atom is 0.0524 e. The Kier molecular flexibility index (Phi) is 1.44. The van der Waals surface area contributed by atoms with E-state index >= 15 is 0 Å². The molecule has 3 heteroatoms. The van der Waals surface area contributed by atoms with Crippen LogP contribution >= 0.6 is 0 Å². The van der Waals surface area contributed by atoms with Crippen LogP contribution in [0.15, 0.2) is 0 Å². The second kappa shape index (κ2) is 2.19. The molecule has 2 atom stereocenters. The molecular formula is C7H14N2O. The highest BCUT2D eigenvalue weighted by molar-refractivity contribution is 5.01. The Morgan fingerprint density at radius 1 is 1.60 bits per heavy atom. The molecular weight excluding hydrogens is 128 g/mol. The average molecular weight is 142 g/mol. The third-order valence-electron chi connectivity index (χ3n) is 2.69. The van der Waals surface area contributed by atoms with Crippen LogP contribution in [0.25, 0.3) is 0 Å². The van der Waals surface area contributed by atoms with E-state index in [1.54, 1.807) is 0 Å². The molecule has 0 amide bonds. The Balaban J connectivity index is 2.10. The van der Waals surface area contributed by atoms with Gasteiger partial charge in [-0.2, -0.15) is 0 Å². The zero-order valence-electron chi connectivity index (χ0n) is 6.10. The monoisotopic (exact) mass is 142 g/mol. The molecule has 0 saturated carbocycles. The van der Waals surface area contributed by atoms with E-state index in [1.165, 1.54) is 0 Å². The third kappa shape index (κ3) is 0.856. The van der Waals surface area contributed by atoms with Crippen molar-refractivity contribution in [3.05, 3.63) is 0 Å². The summed E-state index contributed by atoms with van der Waals surface area (Å²) in [7, 11) is 0. The molecule has 2 fully saturated rings. The van der Waals surface area contributed by atoms with Gasteiger partial charge in [0.2, 0.25) is 0 Å². The smallest absolute Gasteiger partial charge is 0.0524 e. The topological polar surface area (TPSA) is 47.3 Å². The molecule has 2 heterocycles. The van der Waals surface area contributed by atoms with E-state index in [4.69, 9.17) is 10.5 Å². The van der Waals surface area contributed by atoms with Crippen LogP contribution < -0.4 is 11.1 Å². The van der Waals surface area contributed by atoms with Gasteiger partial charge >= 0.3 is 0 Å². The summed E-state index contributed by atoms with van der Waals surface area (Å²) in [6.07, 6.45) is 1.02. The lowest BCUT2D eigenvalue weighted by molar-refractivity contribution is 0.0241. The number of ether oxygens (including phenoxy) is 1. The summed E-state index contributed by atoms with van der Waals surface area (Å²) >= 11 is 0. The third-order valence-corrected chi connectivity index (χ3v) is 2.69. The van der Waals surface area contributed by atoms with Crippen LogP contribution in [0.1, 0.15) is 6.42 Å². The molecule has 2 aliphatic heterocycles. The molecule has 0 bridgehead atoms. The van der Waals surface area contributed by atoms with Gasteiger partial charge in [0, 0.05) is 31.2 Å². The van der Waals surface area contributed by atoms with E-state index in [9.17, 15) is 0 Å². The number of fused-ring (bicyclic) bond motifs is 1. The first-order valence-corrected chi connectivity index (χ1v) is 3.89. The van der Waals surface area contributed by atoms with Crippen molar-refractivity contribution in [2.45, 2.75) is 12.0 Å². The van der Waals surface area contributed by atoms with E-state index in [2.05, 4.69) is 5.32 Å². The predicted molar refractivity (Wildman–Crippen MR) is 38.7 cm³/mol. The van der Waals surface area contributed by atoms with Crippen LogP contribution in [0.3, 0.4) is 0 Å². The quantitative estimate of drug-likeness (QED) is 0.471. The summed E-state index contributed by atoms with van der Waals surface area (Å²) < 4.78 is 5.33. The minimum absolute atomic E-state index is 0.0538. The molecule has 0 radical (unpaired) electrons. The van der Waals surface area contributed by atoms with E-state index in [1.807, 2.05) is 0 Å². The van der Waals surface area contributed by atoms with Crippen molar-refractivity contribution < 1.29 is 4.74 Å². The normalized spacial score (nSPS) is 47.1. The summed E-state index contributed by atoms with van der Waals surface area (Å²) in [6, 6.07) is 0. The molecule has 0 spiro atoms. The van der Waals surface area contributed by atoms with Gasteiger partial charge in [0.05, 0.1) is 6.61 Å². The number of hydrogen-bond donors (Lipinski definition) is 2. The highest BCUT2D eigenvalue weighted by Gasteiger charge is 2.41. The van der Waals surface area contributed by atoms with Gasteiger partial charge in [0.25, 0.3) is 0 Å². The first kappa shape index (κ1) is 6.58. The second-order valence-corrected chi connectivity index (χ2v) is 3.39. The van der Waals surface area contributed by atoms with Gasteiger partial charge in [-0.3, -0.25) is 0 Å². The van der Waals surface area contributed by atoms with Gasteiger partial charge in [-0.15, -0.1) is 0 Å². The Morgan fingerprint density at radius 2 is 2.50 bits per heavy atom. The predicted octanol–water partition coefficient (Wildman–Crippen LogP) is -0.676. The van der Waals surface area contributed by atoms with Crippen molar-refractivity contribution in [1.29, 1.82) is 0 Å². The van der Waals surface area contributed by atoms with Gasteiger partial charge in [-0.1, -0.05) is 0 Å². The van der Waals surface area contributed by atoms with Gasteiger partial charge in [0.15, 0.2) is 0 Å². The van der Waals surface area contributed by atoms with E-state index in [0.29, 0.717) is 5.92 Å². The maximum absolute atomic E-state index is 6.12. The molecule has 0 aliphatic carbocycles. The first-order valence-electron chi connectivity index (χ1n) is 3.89. The van der Waals surface area contributed by atoms with E-state index in [0.717, 1.165) is 32.7 Å². The standard InChI is InChI=1S/C7H14N2O/c8-7-1-2-10-4-6(7)3-9-5-7/h6,9H,1-5,8H2/t6-,7-/m1/s1. The largest absolute Gasteiger partial charge is 0.381 e. The minimum Gasteiger partial charge on any atom is -0.381 e. The molecule has 0 unspecified atom stereocenters. The van der Waals surface area contributed by atoms with E-state index < -0.39 is 0 Å². The fourth-order valence-electron chi connectivity index (χ4n) is 1.83. The molecule has 2 rings (SSSR count). The molecule has 0 aromatic heterocycles. The Bertz CT molecular complexity index is 140. The van der Waals surface area contributed by atoms with Crippen molar-refractivity contribution in [3.8, 4) is 0 Å². The van der Waals surface area contributed by atoms with Crippen molar-refractivity contribution in [1.82, 2.24) is 5.32 Å². The zero-order chi connectivity index (χ0) is 7.03. The lowest BCUT2D eigenvalue weighted by Crippen LogP contribution is -2.52. The van der Waals surface area contributed by atoms with Crippen LogP contribution in [0.5, 0.6) is 0 Å². The van der Waals surface area contributed by atoms with Crippen molar-refractivity contribution >= 4 is 0 Å². The molecule has 3 nitrogen and oxygen atoms in total. The molecule has 3 N–H and O–H groups in total. The summed E-state index contributed by atoms with van der Waals surface area (Å²) in [4.78, 5) is 0. The van der Waals surface area contributed by atoms with Crippen LogP contribution in [0, 0.1) is 5.92 Å². The summed E-state index contributed by atoms with van der Waals surface area (Å²) in [5.41, 5.74) is 6.18. The van der Waals surface area contributed by atoms with Gasteiger partial charge in [0.1, 0.15) is 0 Å². The molecule has 58 valence electrons. The van der Waals surface area contributed by atoms with Gasteiger partial charge < -0.3 is 15.8 Å². The highest BCUT2D eigenvalue weighted by atomic mass is 16.5. The highest BCUT2D eigenvalue weighted by Crippen LogP contribution is 2.26. The van der Waals surface area contributed by atoms with Gasteiger partial charge in [-0.05, 0) is 6.42 Å². The SMILES string of the molecule is N[C@@]12CCOC[C@H]1CNC2. The summed E-state index contributed by atoms with van der Waals surface area (Å²) in [5.74, 6) is 0.557. The minimum atomic E-state index is 0.0538. The van der Waals surface area contributed by atoms with Crippen LogP contribution in [-0.2, 0) is 4.74 Å². The van der Waals surface area contributed by atoms with Crippen molar-refractivity contribution in [2.24, 2.45) is 11.7 Å². The Labute approximate surface area is 60.9 Å². The van der Waals surface area contributed by atoms with Crippen molar-refractivity contribution in [3.63, 3.8) is 0 Å². The van der Waals surface area contributed by atoms with E-state index in [-0.39, 0.29) is 5.54 Å². The number of rotatable bonds is 0. The van der Waals surface area contributed by atoms with Gasteiger partial charge in [-0.25, -0.2) is 0 Å². The summed E-state index contributed by atoms with van der Waals surface area (Å²) in [5, 5.41) is 3.30. The maximum atomic E-state index is 6.12. The molecule has 2 aliphatic rings. The van der Waals surface area contributed by atoms with Crippen LogP contribution in [-0.4, -0.2) is 31.8 Å². The molecule has 2 saturated heterocycles. The van der Waals surface area contributed by atoms with Crippen molar-refractivity contribution in [2.75, 3.05) is 26.3 Å². The number of nitrogens with two attached hydrogens (primary N) is 1. The van der Waals surface area contributed by atoms with Crippen LogP contribution in [0.2, 0.25) is 0 Å². The lowest BCUT2D eigenvalue weighted by atomic mass is 9.84. The average Bonchev–Trinajstić information content (AvgIpc) is 2.29. The molecule has 0 aromatic rings. The fraction of sp³-hybridized carbons (Fsp3) is 1.00.